The Bertz CT molecular complexity index is 490. The molecule has 0 spiro atoms. The largest absolute Gasteiger partial charge is 0.0767 e. The Morgan fingerprint density at radius 3 is 2.25 bits per heavy atom. The van der Waals surface area contributed by atoms with Crippen molar-refractivity contribution in [3.05, 3.63) is 84.1 Å². The summed E-state index contributed by atoms with van der Waals surface area (Å²) in [4.78, 5) is 0. The molecule has 0 N–H and O–H groups in total. The summed E-state index contributed by atoms with van der Waals surface area (Å²) < 4.78 is 0. The van der Waals surface area contributed by atoms with Crippen molar-refractivity contribution in [2.24, 2.45) is 11.8 Å². The second kappa shape index (κ2) is 3.97. The van der Waals surface area contributed by atoms with Crippen LogP contribution in [0, 0.1) is 11.8 Å². The average molecular weight is 206 g/mol. The topological polar surface area (TPSA) is 0 Å². The van der Waals surface area contributed by atoms with Crippen molar-refractivity contribution < 1.29 is 0 Å². The van der Waals surface area contributed by atoms with Gasteiger partial charge in [-0.25, -0.2) is 0 Å². The van der Waals surface area contributed by atoms with Crippen LogP contribution in [0.3, 0.4) is 0 Å². The molecule has 0 saturated heterocycles. The van der Waals surface area contributed by atoms with Gasteiger partial charge in [-0.15, -0.1) is 0 Å². The molecule has 0 saturated carbocycles. The van der Waals surface area contributed by atoms with Crippen LogP contribution in [0.25, 0.3) is 0 Å². The van der Waals surface area contributed by atoms with Gasteiger partial charge in [-0.3, -0.25) is 0 Å². The number of hydrogen-bond acceptors (Lipinski definition) is 0. The molecule has 3 rings (SSSR count). The van der Waals surface area contributed by atoms with E-state index >= 15 is 0 Å². The molecular weight excluding hydrogens is 192 g/mol. The van der Waals surface area contributed by atoms with Crippen molar-refractivity contribution in [3.63, 3.8) is 0 Å². The van der Waals surface area contributed by atoms with Crippen LogP contribution < -0.4 is 0 Å². The van der Waals surface area contributed by atoms with Gasteiger partial charge in [-0.1, -0.05) is 72.9 Å². The molecule has 3 aliphatic rings. The molecule has 2 atom stereocenters. The molecule has 78 valence electrons. The van der Waals surface area contributed by atoms with E-state index in [1.165, 1.54) is 11.1 Å². The smallest absolute Gasteiger partial charge is 0.0187 e. The molecule has 0 fully saturated rings. The lowest BCUT2D eigenvalue weighted by Crippen LogP contribution is -2.18. The summed E-state index contributed by atoms with van der Waals surface area (Å²) >= 11 is 0. The molecule has 2 unspecified atom stereocenters. The van der Waals surface area contributed by atoms with Crippen LogP contribution in [0.5, 0.6) is 0 Å². The minimum atomic E-state index is 0.489. The van der Waals surface area contributed by atoms with Crippen molar-refractivity contribution >= 4 is 0 Å². The van der Waals surface area contributed by atoms with Gasteiger partial charge in [0.05, 0.1) is 0 Å². The first-order valence-electron chi connectivity index (χ1n) is 5.73. The van der Waals surface area contributed by atoms with E-state index in [2.05, 4.69) is 72.9 Å². The number of rotatable bonds is 0. The number of hydrogen-bond donors (Lipinski definition) is 0. The third-order valence-corrected chi connectivity index (χ3v) is 3.26. The van der Waals surface area contributed by atoms with Crippen LogP contribution in [0.1, 0.15) is 0 Å². The first kappa shape index (κ1) is 9.41. The lowest BCUT2D eigenvalue weighted by Gasteiger charge is -2.29. The fraction of sp³-hybridized carbons (Fsp3) is 0.125. The van der Waals surface area contributed by atoms with Crippen LogP contribution in [-0.4, -0.2) is 0 Å². The lowest BCUT2D eigenvalue weighted by molar-refractivity contribution is 0.617. The fourth-order valence-corrected chi connectivity index (χ4v) is 2.50. The van der Waals surface area contributed by atoms with E-state index in [0.29, 0.717) is 11.8 Å². The first-order valence-corrected chi connectivity index (χ1v) is 5.73. The average Bonchev–Trinajstić information content (AvgIpc) is 2.42. The highest BCUT2D eigenvalue weighted by Crippen LogP contribution is 2.37. The van der Waals surface area contributed by atoms with Gasteiger partial charge in [-0.2, -0.15) is 0 Å². The molecule has 0 nitrogen and oxygen atoms in total. The third-order valence-electron chi connectivity index (χ3n) is 3.26. The maximum absolute atomic E-state index is 2.28. The van der Waals surface area contributed by atoms with E-state index in [-0.39, 0.29) is 0 Å². The van der Waals surface area contributed by atoms with Gasteiger partial charge in [0.25, 0.3) is 0 Å². The molecule has 0 aromatic heterocycles. The van der Waals surface area contributed by atoms with Crippen molar-refractivity contribution in [3.8, 4) is 0 Å². The van der Waals surface area contributed by atoms with Gasteiger partial charge in [0.2, 0.25) is 0 Å². The molecule has 0 heteroatoms. The van der Waals surface area contributed by atoms with Gasteiger partial charge in [-0.05, 0) is 11.1 Å². The van der Waals surface area contributed by atoms with E-state index < -0.39 is 0 Å². The Morgan fingerprint density at radius 2 is 1.31 bits per heavy atom. The monoisotopic (exact) mass is 206 g/mol. The second-order valence-electron chi connectivity index (χ2n) is 4.26. The highest BCUT2D eigenvalue weighted by atomic mass is 14.3. The molecule has 0 aliphatic heterocycles. The maximum Gasteiger partial charge on any atom is 0.0187 e. The summed E-state index contributed by atoms with van der Waals surface area (Å²) in [6.45, 7) is 0. The summed E-state index contributed by atoms with van der Waals surface area (Å²) in [7, 11) is 0. The van der Waals surface area contributed by atoms with Gasteiger partial charge in [0.15, 0.2) is 0 Å². The van der Waals surface area contributed by atoms with Crippen molar-refractivity contribution in [2.75, 3.05) is 0 Å². The first-order chi connectivity index (χ1) is 7.95. The molecule has 0 aromatic rings. The molecule has 16 heavy (non-hydrogen) atoms. The zero-order valence-electron chi connectivity index (χ0n) is 9.08. The van der Waals surface area contributed by atoms with E-state index in [0.717, 1.165) is 0 Å². The SMILES string of the molecule is C1=CC2=CC=CC3/C=C/C=C\C=C\C(=C1)C23. The highest BCUT2D eigenvalue weighted by molar-refractivity contribution is 5.49. The van der Waals surface area contributed by atoms with Crippen LogP contribution in [0.15, 0.2) is 84.1 Å². The Kier molecular flexibility index (Phi) is 2.34. The van der Waals surface area contributed by atoms with E-state index in [1.54, 1.807) is 0 Å². The molecule has 0 heterocycles. The Balaban J connectivity index is 2.11. The van der Waals surface area contributed by atoms with Crippen molar-refractivity contribution in [1.29, 1.82) is 0 Å². The summed E-state index contributed by atoms with van der Waals surface area (Å²) in [5.41, 5.74) is 2.82. The van der Waals surface area contributed by atoms with E-state index in [1.807, 2.05) is 0 Å². The van der Waals surface area contributed by atoms with Gasteiger partial charge in [0, 0.05) is 11.8 Å². The predicted molar refractivity (Wildman–Crippen MR) is 68.8 cm³/mol. The lowest BCUT2D eigenvalue weighted by atomic mass is 9.75. The third kappa shape index (κ3) is 1.57. The van der Waals surface area contributed by atoms with Gasteiger partial charge in [0.1, 0.15) is 0 Å². The van der Waals surface area contributed by atoms with Crippen LogP contribution >= 0.6 is 0 Å². The Morgan fingerprint density at radius 1 is 0.625 bits per heavy atom. The summed E-state index contributed by atoms with van der Waals surface area (Å²) in [6.07, 6.45) is 26.2. The van der Waals surface area contributed by atoms with Crippen LogP contribution in [-0.2, 0) is 0 Å². The van der Waals surface area contributed by atoms with Crippen LogP contribution in [0.2, 0.25) is 0 Å². The van der Waals surface area contributed by atoms with Gasteiger partial charge < -0.3 is 0 Å². The summed E-state index contributed by atoms with van der Waals surface area (Å²) in [6, 6.07) is 0. The predicted octanol–water partition coefficient (Wildman–Crippen LogP) is 3.89. The van der Waals surface area contributed by atoms with Crippen LogP contribution in [0.4, 0.5) is 0 Å². The van der Waals surface area contributed by atoms with Crippen molar-refractivity contribution in [1.82, 2.24) is 0 Å². The van der Waals surface area contributed by atoms with Gasteiger partial charge >= 0.3 is 0 Å². The number of allylic oxidation sites excluding steroid dienone is 14. The Hall–Kier alpha value is -1.82. The zero-order valence-corrected chi connectivity index (χ0v) is 9.08. The molecule has 0 aromatic carbocycles. The van der Waals surface area contributed by atoms with Crippen molar-refractivity contribution in [2.45, 2.75) is 0 Å². The summed E-state index contributed by atoms with van der Waals surface area (Å²) in [5.74, 6) is 0.992. The maximum atomic E-state index is 2.28. The fourth-order valence-electron chi connectivity index (χ4n) is 2.50. The molecule has 0 bridgehead atoms. The molecule has 3 aliphatic carbocycles. The standard InChI is InChI=1S/C16H14/c1-2-4-8-14-10-6-12-15-11-5-9-13(7-3-1)16(14)15/h1-13,16H/b2-1-,7-3+,8-4+. The minimum absolute atomic E-state index is 0.489. The summed E-state index contributed by atoms with van der Waals surface area (Å²) in [5, 5.41) is 0. The Labute approximate surface area is 96.4 Å². The van der Waals surface area contributed by atoms with E-state index in [9.17, 15) is 0 Å². The molecule has 0 amide bonds. The normalized spacial score (nSPS) is 36.0. The highest BCUT2D eigenvalue weighted by Gasteiger charge is 2.25. The second-order valence-corrected chi connectivity index (χ2v) is 4.26. The molecular formula is C16H14. The molecule has 0 radical (unpaired) electrons. The zero-order chi connectivity index (χ0) is 10.8. The quantitative estimate of drug-likeness (QED) is 0.564. The minimum Gasteiger partial charge on any atom is -0.0767 e. The van der Waals surface area contributed by atoms with E-state index in [4.69, 9.17) is 0 Å².